The molecule has 1 aliphatic rings. The first-order valence-electron chi connectivity index (χ1n) is 5.88. The van der Waals surface area contributed by atoms with Gasteiger partial charge in [0.15, 0.2) is 0 Å². The molecule has 0 fully saturated rings. The number of anilines is 1. The van der Waals surface area contributed by atoms with E-state index < -0.39 is 5.91 Å². The summed E-state index contributed by atoms with van der Waals surface area (Å²) in [5.41, 5.74) is 4.49. The van der Waals surface area contributed by atoms with E-state index in [0.717, 1.165) is 11.3 Å². The number of hydrogen-bond donors (Lipinski definition) is 1. The third kappa shape index (κ3) is 2.06. The molecular weight excluding hydrogens is 242 g/mol. The van der Waals surface area contributed by atoms with Gasteiger partial charge in [-0.15, -0.1) is 0 Å². The van der Waals surface area contributed by atoms with Gasteiger partial charge in [0.2, 0.25) is 5.91 Å². The van der Waals surface area contributed by atoms with Gasteiger partial charge in [-0.2, -0.15) is 0 Å². The van der Waals surface area contributed by atoms with Crippen molar-refractivity contribution in [2.24, 2.45) is 0 Å². The SMILES string of the molecule is O=C(NN1C(=O)Cc2ccccc21)c1ccccn1. The van der Waals surface area contributed by atoms with Crippen molar-refractivity contribution in [3.63, 3.8) is 0 Å². The lowest BCUT2D eigenvalue weighted by Crippen LogP contribution is -2.44. The minimum atomic E-state index is -0.398. The van der Waals surface area contributed by atoms with Gasteiger partial charge < -0.3 is 0 Å². The van der Waals surface area contributed by atoms with Crippen LogP contribution in [0.3, 0.4) is 0 Å². The molecule has 2 amide bonds. The monoisotopic (exact) mass is 253 g/mol. The van der Waals surface area contributed by atoms with Gasteiger partial charge >= 0.3 is 0 Å². The van der Waals surface area contributed by atoms with E-state index in [4.69, 9.17) is 0 Å². The van der Waals surface area contributed by atoms with Crippen LogP contribution in [0.5, 0.6) is 0 Å². The first-order valence-corrected chi connectivity index (χ1v) is 5.88. The number of fused-ring (bicyclic) bond motifs is 1. The standard InChI is InChI=1S/C14H11N3O2/c18-13-9-10-5-1-2-7-12(10)17(13)16-14(19)11-6-3-4-8-15-11/h1-8H,9H2,(H,16,19). The summed E-state index contributed by atoms with van der Waals surface area (Å²) in [7, 11) is 0. The number of nitrogens with one attached hydrogen (secondary N) is 1. The highest BCUT2D eigenvalue weighted by Gasteiger charge is 2.28. The highest BCUT2D eigenvalue weighted by Crippen LogP contribution is 2.26. The number of carbonyl (C=O) groups is 2. The summed E-state index contributed by atoms with van der Waals surface area (Å²) in [6, 6.07) is 12.4. The Labute approximate surface area is 109 Å². The molecule has 0 atom stereocenters. The summed E-state index contributed by atoms with van der Waals surface area (Å²) in [5, 5.41) is 1.28. The number of amides is 2. The van der Waals surface area contributed by atoms with Crippen molar-refractivity contribution >= 4 is 17.5 Å². The van der Waals surface area contributed by atoms with E-state index in [1.165, 1.54) is 11.2 Å². The number of nitrogens with zero attached hydrogens (tertiary/aromatic N) is 2. The lowest BCUT2D eigenvalue weighted by molar-refractivity contribution is -0.117. The molecule has 0 spiro atoms. The number of rotatable bonds is 2. The molecule has 0 unspecified atom stereocenters. The van der Waals surface area contributed by atoms with Crippen molar-refractivity contribution < 1.29 is 9.59 Å². The van der Waals surface area contributed by atoms with E-state index in [1.807, 2.05) is 18.2 Å². The van der Waals surface area contributed by atoms with Gasteiger partial charge in [0.05, 0.1) is 12.1 Å². The minimum absolute atomic E-state index is 0.148. The van der Waals surface area contributed by atoms with Gasteiger partial charge in [-0.25, -0.2) is 5.01 Å². The topological polar surface area (TPSA) is 62.3 Å². The van der Waals surface area contributed by atoms with E-state index in [2.05, 4.69) is 10.4 Å². The van der Waals surface area contributed by atoms with Crippen molar-refractivity contribution in [3.05, 3.63) is 59.9 Å². The van der Waals surface area contributed by atoms with Crippen LogP contribution in [0.4, 0.5) is 5.69 Å². The Morgan fingerprint density at radius 2 is 1.95 bits per heavy atom. The lowest BCUT2D eigenvalue weighted by Gasteiger charge is -2.17. The zero-order valence-corrected chi connectivity index (χ0v) is 10.0. The summed E-state index contributed by atoms with van der Waals surface area (Å²) in [5.74, 6) is -0.545. The smallest absolute Gasteiger partial charge is 0.272 e. The van der Waals surface area contributed by atoms with Crippen LogP contribution >= 0.6 is 0 Å². The fourth-order valence-electron chi connectivity index (χ4n) is 2.03. The maximum Gasteiger partial charge on any atom is 0.288 e. The van der Waals surface area contributed by atoms with Crippen molar-refractivity contribution in [1.82, 2.24) is 10.4 Å². The number of pyridine rings is 1. The molecule has 0 bridgehead atoms. The number of aromatic nitrogens is 1. The molecule has 1 N–H and O–H groups in total. The van der Waals surface area contributed by atoms with Crippen LogP contribution in [0.15, 0.2) is 48.7 Å². The van der Waals surface area contributed by atoms with Crippen molar-refractivity contribution in [1.29, 1.82) is 0 Å². The van der Waals surface area contributed by atoms with Crippen molar-refractivity contribution in [3.8, 4) is 0 Å². The Hall–Kier alpha value is -2.69. The van der Waals surface area contributed by atoms with Crippen LogP contribution in [0.1, 0.15) is 16.1 Å². The third-order valence-electron chi connectivity index (χ3n) is 2.93. The second-order valence-corrected chi connectivity index (χ2v) is 4.19. The van der Waals surface area contributed by atoms with Crippen LogP contribution in [-0.4, -0.2) is 16.8 Å². The zero-order chi connectivity index (χ0) is 13.2. The fourth-order valence-corrected chi connectivity index (χ4v) is 2.03. The van der Waals surface area contributed by atoms with Gasteiger partial charge in [0.25, 0.3) is 5.91 Å². The van der Waals surface area contributed by atoms with E-state index in [0.29, 0.717) is 6.42 Å². The largest absolute Gasteiger partial charge is 0.288 e. The molecule has 5 nitrogen and oxygen atoms in total. The summed E-state index contributed by atoms with van der Waals surface area (Å²) >= 11 is 0. The maximum absolute atomic E-state index is 12.0. The summed E-state index contributed by atoms with van der Waals surface area (Å²) in [6.07, 6.45) is 1.84. The number of hydrazine groups is 1. The zero-order valence-electron chi connectivity index (χ0n) is 10.0. The molecule has 19 heavy (non-hydrogen) atoms. The fraction of sp³-hybridized carbons (Fsp3) is 0.0714. The minimum Gasteiger partial charge on any atom is -0.272 e. The second kappa shape index (κ2) is 4.53. The predicted molar refractivity (Wildman–Crippen MR) is 69.3 cm³/mol. The Balaban J connectivity index is 1.85. The van der Waals surface area contributed by atoms with Gasteiger partial charge in [-0.05, 0) is 23.8 Å². The second-order valence-electron chi connectivity index (χ2n) is 4.19. The average Bonchev–Trinajstić information content (AvgIpc) is 2.76. The van der Waals surface area contributed by atoms with Crippen LogP contribution < -0.4 is 10.4 Å². The number of hydrogen-bond acceptors (Lipinski definition) is 3. The Morgan fingerprint density at radius 1 is 1.16 bits per heavy atom. The first-order chi connectivity index (χ1) is 9.25. The third-order valence-corrected chi connectivity index (χ3v) is 2.93. The molecule has 5 heteroatoms. The maximum atomic E-state index is 12.0. The highest BCUT2D eigenvalue weighted by atomic mass is 16.2. The van der Waals surface area contributed by atoms with Gasteiger partial charge in [0.1, 0.15) is 5.69 Å². The summed E-state index contributed by atoms with van der Waals surface area (Å²) in [4.78, 5) is 27.8. The predicted octanol–water partition coefficient (Wildman–Crippen LogP) is 1.32. The van der Waals surface area contributed by atoms with E-state index in [9.17, 15) is 9.59 Å². The molecule has 2 aromatic rings. The summed E-state index contributed by atoms with van der Waals surface area (Å²) < 4.78 is 0. The highest BCUT2D eigenvalue weighted by molar-refractivity contribution is 6.05. The molecule has 1 aliphatic heterocycles. The molecule has 1 aromatic carbocycles. The van der Waals surface area contributed by atoms with E-state index in [1.54, 1.807) is 24.3 Å². The van der Waals surface area contributed by atoms with Gasteiger partial charge in [-0.3, -0.25) is 20.0 Å². The van der Waals surface area contributed by atoms with Gasteiger partial charge in [0, 0.05) is 6.20 Å². The molecule has 0 radical (unpaired) electrons. The van der Waals surface area contributed by atoms with Crippen LogP contribution in [-0.2, 0) is 11.2 Å². The normalized spacial score (nSPS) is 13.3. The Kier molecular flexibility index (Phi) is 2.72. The van der Waals surface area contributed by atoms with Gasteiger partial charge in [-0.1, -0.05) is 24.3 Å². The quantitative estimate of drug-likeness (QED) is 0.877. The Morgan fingerprint density at radius 3 is 2.74 bits per heavy atom. The van der Waals surface area contributed by atoms with E-state index >= 15 is 0 Å². The molecule has 0 saturated heterocycles. The molecule has 1 aromatic heterocycles. The molecule has 0 aliphatic carbocycles. The average molecular weight is 253 g/mol. The lowest BCUT2D eigenvalue weighted by atomic mass is 10.2. The number of benzene rings is 1. The van der Waals surface area contributed by atoms with Crippen molar-refractivity contribution in [2.75, 3.05) is 5.01 Å². The van der Waals surface area contributed by atoms with Crippen molar-refractivity contribution in [2.45, 2.75) is 6.42 Å². The van der Waals surface area contributed by atoms with Crippen LogP contribution in [0.25, 0.3) is 0 Å². The Bertz CT molecular complexity index is 640. The number of para-hydroxylation sites is 1. The molecule has 2 heterocycles. The molecule has 3 rings (SSSR count). The molecule has 94 valence electrons. The number of carbonyl (C=O) groups excluding carboxylic acids is 2. The van der Waals surface area contributed by atoms with E-state index in [-0.39, 0.29) is 11.6 Å². The van der Waals surface area contributed by atoms with Crippen LogP contribution in [0.2, 0.25) is 0 Å². The summed E-state index contributed by atoms with van der Waals surface area (Å²) in [6.45, 7) is 0. The molecule has 0 saturated carbocycles. The van der Waals surface area contributed by atoms with Crippen LogP contribution in [0, 0.1) is 0 Å². The molecular formula is C14H11N3O2. The first kappa shape index (κ1) is 11.4.